The molecule has 1 nitrogen and oxygen atoms in total. The monoisotopic (exact) mass is 243 g/mol. The third kappa shape index (κ3) is 2.83. The lowest BCUT2D eigenvalue weighted by molar-refractivity contribution is 1.09. The van der Waals surface area contributed by atoms with Gasteiger partial charge in [0.1, 0.15) is 0 Å². The van der Waals surface area contributed by atoms with Gasteiger partial charge in [-0.15, -0.1) is 11.8 Å². The lowest BCUT2D eigenvalue weighted by Gasteiger charge is -2.14. The highest BCUT2D eigenvalue weighted by molar-refractivity contribution is 7.99. The Morgan fingerprint density at radius 2 is 1.71 bits per heavy atom. The molecule has 1 atom stereocenters. The van der Waals surface area contributed by atoms with E-state index in [1.165, 1.54) is 16.0 Å². The average molecular weight is 243 g/mol. The zero-order valence-electron chi connectivity index (χ0n) is 10.2. The summed E-state index contributed by atoms with van der Waals surface area (Å²) in [5.74, 6) is 0. The minimum absolute atomic E-state index is 0.441. The molecule has 0 spiro atoms. The number of anilines is 1. The van der Waals surface area contributed by atoms with E-state index >= 15 is 0 Å². The summed E-state index contributed by atoms with van der Waals surface area (Å²) < 4.78 is 0. The van der Waals surface area contributed by atoms with E-state index < -0.39 is 0 Å². The predicted molar refractivity (Wildman–Crippen MR) is 76.3 cm³/mol. The van der Waals surface area contributed by atoms with Crippen LogP contribution in [0.5, 0.6) is 0 Å². The van der Waals surface area contributed by atoms with E-state index in [0.29, 0.717) is 5.25 Å². The Labute approximate surface area is 107 Å². The Hall–Kier alpha value is -1.41. The first-order valence-electron chi connectivity index (χ1n) is 5.75. The van der Waals surface area contributed by atoms with Crippen molar-refractivity contribution in [3.8, 4) is 0 Å². The molecular weight excluding hydrogens is 226 g/mol. The molecule has 0 aromatic heterocycles. The van der Waals surface area contributed by atoms with Gasteiger partial charge in [0.25, 0.3) is 0 Å². The standard InChI is InChI=1S/C15H17NS/c1-11-14(16)9-6-10-15(11)17-12(2)13-7-4-3-5-8-13/h3-10,12H,16H2,1-2H3. The van der Waals surface area contributed by atoms with Gasteiger partial charge in [-0.2, -0.15) is 0 Å². The molecule has 88 valence electrons. The number of nitrogen functional groups attached to an aromatic ring is 1. The minimum Gasteiger partial charge on any atom is -0.398 e. The van der Waals surface area contributed by atoms with Gasteiger partial charge in [0, 0.05) is 15.8 Å². The van der Waals surface area contributed by atoms with Crippen LogP contribution in [0.15, 0.2) is 53.4 Å². The highest BCUT2D eigenvalue weighted by atomic mass is 32.2. The normalized spacial score (nSPS) is 12.4. The highest BCUT2D eigenvalue weighted by Gasteiger charge is 2.09. The third-order valence-corrected chi connectivity index (χ3v) is 4.22. The lowest BCUT2D eigenvalue weighted by atomic mass is 10.2. The summed E-state index contributed by atoms with van der Waals surface area (Å²) in [6.45, 7) is 4.30. The molecule has 0 aliphatic rings. The summed E-state index contributed by atoms with van der Waals surface area (Å²) in [6, 6.07) is 16.6. The van der Waals surface area contributed by atoms with Crippen LogP contribution in [-0.4, -0.2) is 0 Å². The van der Waals surface area contributed by atoms with E-state index in [-0.39, 0.29) is 0 Å². The number of thioether (sulfide) groups is 1. The molecule has 2 aromatic rings. The van der Waals surface area contributed by atoms with Crippen molar-refractivity contribution in [1.29, 1.82) is 0 Å². The van der Waals surface area contributed by atoms with Gasteiger partial charge in [0.05, 0.1) is 0 Å². The van der Waals surface area contributed by atoms with Crippen molar-refractivity contribution in [3.63, 3.8) is 0 Å². The van der Waals surface area contributed by atoms with Gasteiger partial charge < -0.3 is 5.73 Å². The Kier molecular flexibility index (Phi) is 3.75. The maximum absolute atomic E-state index is 5.92. The molecule has 17 heavy (non-hydrogen) atoms. The summed E-state index contributed by atoms with van der Waals surface area (Å²) in [5.41, 5.74) is 9.32. The Morgan fingerprint density at radius 3 is 2.41 bits per heavy atom. The van der Waals surface area contributed by atoms with Crippen molar-refractivity contribution in [2.24, 2.45) is 0 Å². The van der Waals surface area contributed by atoms with Crippen LogP contribution < -0.4 is 5.73 Å². The summed E-state index contributed by atoms with van der Waals surface area (Å²) in [5, 5.41) is 0.441. The van der Waals surface area contributed by atoms with Crippen molar-refractivity contribution in [2.45, 2.75) is 24.0 Å². The summed E-state index contributed by atoms with van der Waals surface area (Å²) in [6.07, 6.45) is 0. The van der Waals surface area contributed by atoms with Gasteiger partial charge in [-0.1, -0.05) is 36.4 Å². The quantitative estimate of drug-likeness (QED) is 0.637. The molecule has 0 saturated carbocycles. The van der Waals surface area contributed by atoms with Crippen LogP contribution in [0, 0.1) is 6.92 Å². The fraction of sp³-hybridized carbons (Fsp3) is 0.200. The van der Waals surface area contributed by atoms with Crippen LogP contribution in [0.2, 0.25) is 0 Å². The van der Waals surface area contributed by atoms with Crippen LogP contribution in [-0.2, 0) is 0 Å². The van der Waals surface area contributed by atoms with Crippen molar-refractivity contribution in [3.05, 3.63) is 59.7 Å². The molecule has 0 aliphatic carbocycles. The van der Waals surface area contributed by atoms with Gasteiger partial charge >= 0.3 is 0 Å². The number of nitrogens with two attached hydrogens (primary N) is 1. The number of rotatable bonds is 3. The van der Waals surface area contributed by atoms with E-state index in [9.17, 15) is 0 Å². The first kappa shape index (κ1) is 12.1. The molecule has 2 rings (SSSR count). The molecular formula is C15H17NS. The first-order valence-corrected chi connectivity index (χ1v) is 6.63. The van der Waals surface area contributed by atoms with Crippen molar-refractivity contribution < 1.29 is 0 Å². The molecule has 2 aromatic carbocycles. The number of hydrogen-bond donors (Lipinski definition) is 1. The largest absolute Gasteiger partial charge is 0.398 e. The zero-order valence-corrected chi connectivity index (χ0v) is 11.0. The minimum atomic E-state index is 0.441. The maximum atomic E-state index is 5.92. The fourth-order valence-corrected chi connectivity index (χ4v) is 2.87. The smallest absolute Gasteiger partial charge is 0.0354 e. The van der Waals surface area contributed by atoms with Crippen LogP contribution in [0.3, 0.4) is 0 Å². The predicted octanol–water partition coefficient (Wildman–Crippen LogP) is 4.43. The van der Waals surface area contributed by atoms with Crippen molar-refractivity contribution in [2.75, 3.05) is 5.73 Å². The Balaban J connectivity index is 2.19. The van der Waals surface area contributed by atoms with E-state index in [1.54, 1.807) is 0 Å². The molecule has 2 heteroatoms. The van der Waals surface area contributed by atoms with E-state index in [4.69, 9.17) is 5.73 Å². The van der Waals surface area contributed by atoms with Gasteiger partial charge in [-0.25, -0.2) is 0 Å². The van der Waals surface area contributed by atoms with E-state index in [2.05, 4.69) is 44.2 Å². The molecule has 0 fully saturated rings. The second kappa shape index (κ2) is 5.28. The van der Waals surface area contributed by atoms with E-state index in [0.717, 1.165) is 5.69 Å². The number of hydrogen-bond acceptors (Lipinski definition) is 2. The SMILES string of the molecule is Cc1c(N)cccc1SC(C)c1ccccc1. The van der Waals surface area contributed by atoms with Crippen LogP contribution >= 0.6 is 11.8 Å². The molecule has 2 N–H and O–H groups in total. The molecule has 0 heterocycles. The molecule has 0 amide bonds. The maximum Gasteiger partial charge on any atom is 0.0354 e. The summed E-state index contributed by atoms with van der Waals surface area (Å²) >= 11 is 1.86. The van der Waals surface area contributed by atoms with Crippen molar-refractivity contribution in [1.82, 2.24) is 0 Å². The third-order valence-electron chi connectivity index (χ3n) is 2.90. The topological polar surface area (TPSA) is 26.0 Å². The Morgan fingerprint density at radius 1 is 1.00 bits per heavy atom. The van der Waals surface area contributed by atoms with E-state index in [1.807, 2.05) is 30.0 Å². The lowest BCUT2D eigenvalue weighted by Crippen LogP contribution is -1.93. The fourth-order valence-electron chi connectivity index (χ4n) is 1.74. The van der Waals surface area contributed by atoms with Gasteiger partial charge in [-0.05, 0) is 37.1 Å². The van der Waals surface area contributed by atoms with Crippen LogP contribution in [0.1, 0.15) is 23.3 Å². The van der Waals surface area contributed by atoms with Gasteiger partial charge in [0.2, 0.25) is 0 Å². The summed E-state index contributed by atoms with van der Waals surface area (Å²) in [7, 11) is 0. The zero-order chi connectivity index (χ0) is 12.3. The Bertz CT molecular complexity index is 494. The van der Waals surface area contributed by atoms with Gasteiger partial charge in [-0.3, -0.25) is 0 Å². The second-order valence-corrected chi connectivity index (χ2v) is 5.52. The van der Waals surface area contributed by atoms with Gasteiger partial charge in [0.15, 0.2) is 0 Å². The summed E-state index contributed by atoms with van der Waals surface area (Å²) in [4.78, 5) is 1.27. The molecule has 0 bridgehead atoms. The molecule has 1 unspecified atom stereocenters. The van der Waals surface area contributed by atoms with Crippen LogP contribution in [0.25, 0.3) is 0 Å². The number of benzene rings is 2. The molecule has 0 saturated heterocycles. The van der Waals surface area contributed by atoms with Crippen molar-refractivity contribution >= 4 is 17.4 Å². The molecule has 0 aliphatic heterocycles. The molecule has 0 radical (unpaired) electrons. The van der Waals surface area contributed by atoms with Crippen LogP contribution in [0.4, 0.5) is 5.69 Å². The average Bonchev–Trinajstić information content (AvgIpc) is 2.36. The first-order chi connectivity index (χ1) is 8.18. The second-order valence-electron chi connectivity index (χ2n) is 4.14. The highest BCUT2D eigenvalue weighted by Crippen LogP contribution is 2.37.